The van der Waals surface area contributed by atoms with Crippen LogP contribution in [0.4, 0.5) is 0 Å². The number of hydrogen-bond donors (Lipinski definition) is 0. The molecule has 0 saturated carbocycles. The number of fused-ring (bicyclic) bond motifs is 1. The van der Waals surface area contributed by atoms with Gasteiger partial charge in [0, 0.05) is 0 Å². The van der Waals surface area contributed by atoms with E-state index in [9.17, 15) is 19.2 Å². The molecule has 0 radical (unpaired) electrons. The van der Waals surface area contributed by atoms with Gasteiger partial charge in [-0.05, 0) is 19.1 Å². The summed E-state index contributed by atoms with van der Waals surface area (Å²) in [5.41, 5.74) is 0.336. The summed E-state index contributed by atoms with van der Waals surface area (Å²) in [7, 11) is 0. The van der Waals surface area contributed by atoms with Crippen molar-refractivity contribution in [2.75, 3.05) is 5.75 Å². The predicted octanol–water partition coefficient (Wildman–Crippen LogP) is 0.990. The van der Waals surface area contributed by atoms with Gasteiger partial charge in [-0.3, -0.25) is 19.3 Å². The van der Waals surface area contributed by atoms with E-state index in [1.54, 1.807) is 12.1 Å². The zero-order valence-electron chi connectivity index (χ0n) is 11.8. The molecule has 0 N–H and O–H groups in total. The summed E-state index contributed by atoms with van der Waals surface area (Å²) in [4.78, 5) is 54.2. The maximum Gasteiger partial charge on any atom is 0.355 e. The van der Waals surface area contributed by atoms with Crippen LogP contribution in [0.25, 0.3) is 0 Å². The first kappa shape index (κ1) is 15.6. The van der Waals surface area contributed by atoms with Crippen LogP contribution in [0.15, 0.2) is 24.3 Å². The lowest BCUT2D eigenvalue weighted by Gasteiger charge is -2.23. The van der Waals surface area contributed by atoms with Gasteiger partial charge in [0.25, 0.3) is 11.8 Å². The summed E-state index contributed by atoms with van der Waals surface area (Å²) in [5.74, 6) is -2.49. The highest BCUT2D eigenvalue weighted by atomic mass is 32.2. The molecule has 1 fully saturated rings. The van der Waals surface area contributed by atoms with Crippen molar-refractivity contribution in [3.63, 3.8) is 0 Å². The predicted molar refractivity (Wildman–Crippen MR) is 84.4 cm³/mol. The fourth-order valence-corrected chi connectivity index (χ4v) is 3.48. The van der Waals surface area contributed by atoms with Crippen LogP contribution >= 0.6 is 24.0 Å². The lowest BCUT2D eigenvalue weighted by molar-refractivity contribution is -0.173. The monoisotopic (exact) mass is 350 g/mol. The lowest BCUT2D eigenvalue weighted by Crippen LogP contribution is -2.46. The molecule has 7 nitrogen and oxygen atoms in total. The fourth-order valence-electron chi connectivity index (χ4n) is 2.26. The summed E-state index contributed by atoms with van der Waals surface area (Å²) in [5, 5.41) is 0.417. The Hall–Kier alpha value is -2.26. The van der Waals surface area contributed by atoms with E-state index in [1.165, 1.54) is 19.1 Å². The number of thioether (sulfide) groups is 1. The third kappa shape index (κ3) is 2.51. The van der Waals surface area contributed by atoms with Crippen molar-refractivity contribution < 1.29 is 24.0 Å². The van der Waals surface area contributed by atoms with Gasteiger partial charge in [0.1, 0.15) is 10.4 Å². The Labute approximate surface area is 140 Å². The normalized spacial score (nSPS) is 18.5. The molecule has 118 valence electrons. The van der Waals surface area contributed by atoms with Crippen LogP contribution in [0.3, 0.4) is 0 Å². The molecule has 0 aliphatic carbocycles. The molecule has 0 aromatic heterocycles. The second kappa shape index (κ2) is 5.74. The summed E-state index contributed by atoms with van der Waals surface area (Å²) < 4.78 is 0.266. The van der Waals surface area contributed by atoms with Crippen LogP contribution in [0.5, 0.6) is 0 Å². The Morgan fingerprint density at radius 1 is 1.22 bits per heavy atom. The van der Waals surface area contributed by atoms with Crippen molar-refractivity contribution in [1.82, 2.24) is 9.96 Å². The number of nitrogens with zero attached hydrogens (tertiary/aromatic N) is 2. The van der Waals surface area contributed by atoms with Crippen molar-refractivity contribution in [3.05, 3.63) is 35.4 Å². The molecule has 1 saturated heterocycles. The van der Waals surface area contributed by atoms with Crippen LogP contribution in [-0.4, -0.2) is 49.8 Å². The molecule has 0 spiro atoms. The number of carbonyl (C=O) groups is 4. The number of imide groups is 1. The zero-order chi connectivity index (χ0) is 16.7. The third-order valence-electron chi connectivity index (χ3n) is 3.45. The van der Waals surface area contributed by atoms with Crippen LogP contribution in [-0.2, 0) is 14.4 Å². The van der Waals surface area contributed by atoms with E-state index in [1.807, 2.05) is 0 Å². The summed E-state index contributed by atoms with van der Waals surface area (Å²) in [6.07, 6.45) is 0. The molecule has 3 amide bonds. The zero-order valence-corrected chi connectivity index (χ0v) is 13.5. The van der Waals surface area contributed by atoms with Gasteiger partial charge >= 0.3 is 5.97 Å². The maximum absolute atomic E-state index is 12.2. The first-order chi connectivity index (χ1) is 10.9. The largest absolute Gasteiger partial charge is 0.355 e. The first-order valence-corrected chi connectivity index (χ1v) is 7.99. The Balaban J connectivity index is 1.77. The average molecular weight is 350 g/mol. The smallest absolute Gasteiger partial charge is 0.327 e. The molecular formula is C14H10N2O5S2. The van der Waals surface area contributed by atoms with Gasteiger partial charge in [0.05, 0.1) is 16.9 Å². The lowest BCUT2D eigenvalue weighted by atomic mass is 10.1. The molecule has 2 heterocycles. The van der Waals surface area contributed by atoms with Gasteiger partial charge in [-0.2, -0.15) is 0 Å². The average Bonchev–Trinajstić information content (AvgIpc) is 2.99. The maximum atomic E-state index is 12.2. The molecule has 1 unspecified atom stereocenters. The second-order valence-electron chi connectivity index (χ2n) is 4.85. The minimum absolute atomic E-state index is 0.156. The molecule has 2 aliphatic heterocycles. The molecule has 2 aliphatic rings. The van der Waals surface area contributed by atoms with Crippen LogP contribution < -0.4 is 0 Å². The molecule has 1 atom stereocenters. The molecule has 1 aromatic rings. The number of hydroxylamine groups is 2. The van der Waals surface area contributed by atoms with Gasteiger partial charge in [0.15, 0.2) is 0 Å². The van der Waals surface area contributed by atoms with E-state index >= 15 is 0 Å². The van der Waals surface area contributed by atoms with Gasteiger partial charge in [-0.25, -0.2) is 4.79 Å². The Morgan fingerprint density at radius 2 is 1.78 bits per heavy atom. The van der Waals surface area contributed by atoms with Crippen molar-refractivity contribution in [3.8, 4) is 0 Å². The standard InChI is InChI=1S/C14H10N2O5S2/c1-7(15-10(17)6-23-14(15)22)13(20)21-16-11(18)8-4-2-3-5-9(8)12(16)19/h2-5,7H,6H2,1H3. The summed E-state index contributed by atoms with van der Waals surface area (Å²) in [6, 6.07) is 5.15. The minimum atomic E-state index is -1.02. The first-order valence-electron chi connectivity index (χ1n) is 6.60. The summed E-state index contributed by atoms with van der Waals surface area (Å²) in [6.45, 7) is 1.43. The Kier molecular flexibility index (Phi) is 3.90. The topological polar surface area (TPSA) is 84.0 Å². The van der Waals surface area contributed by atoms with E-state index in [0.717, 1.165) is 16.7 Å². The number of amides is 3. The van der Waals surface area contributed by atoms with Crippen LogP contribution in [0, 0.1) is 0 Å². The quantitative estimate of drug-likeness (QED) is 0.594. The minimum Gasteiger partial charge on any atom is -0.327 e. The Morgan fingerprint density at radius 3 is 2.26 bits per heavy atom. The molecule has 3 rings (SSSR count). The van der Waals surface area contributed by atoms with Gasteiger partial charge < -0.3 is 4.84 Å². The van der Waals surface area contributed by atoms with Crippen molar-refractivity contribution >= 4 is 52.0 Å². The number of hydrogen-bond acceptors (Lipinski definition) is 7. The third-order valence-corrected chi connectivity index (χ3v) is 4.84. The van der Waals surface area contributed by atoms with E-state index in [4.69, 9.17) is 17.1 Å². The second-order valence-corrected chi connectivity index (χ2v) is 6.46. The number of carbonyl (C=O) groups excluding carboxylic acids is 4. The van der Waals surface area contributed by atoms with Crippen molar-refractivity contribution in [2.45, 2.75) is 13.0 Å². The number of thiocarbonyl (C=S) groups is 1. The van der Waals surface area contributed by atoms with Gasteiger partial charge in [0.2, 0.25) is 5.91 Å². The van der Waals surface area contributed by atoms with Gasteiger partial charge in [-0.15, -0.1) is 0 Å². The van der Waals surface area contributed by atoms with E-state index in [2.05, 4.69) is 0 Å². The molecule has 1 aromatic carbocycles. The summed E-state index contributed by atoms with van der Waals surface area (Å²) >= 11 is 6.16. The fraction of sp³-hybridized carbons (Fsp3) is 0.214. The SMILES string of the molecule is CC(C(=O)ON1C(=O)c2ccccc2C1=O)N1C(=O)CSC1=S. The number of rotatable bonds is 3. The number of benzene rings is 1. The molecule has 9 heteroatoms. The van der Waals surface area contributed by atoms with Gasteiger partial charge in [-0.1, -0.05) is 41.2 Å². The van der Waals surface area contributed by atoms with Crippen LogP contribution in [0.1, 0.15) is 27.6 Å². The highest BCUT2D eigenvalue weighted by Gasteiger charge is 2.41. The van der Waals surface area contributed by atoms with Crippen molar-refractivity contribution in [2.24, 2.45) is 0 Å². The van der Waals surface area contributed by atoms with Crippen LogP contribution in [0.2, 0.25) is 0 Å². The highest BCUT2D eigenvalue weighted by molar-refractivity contribution is 8.23. The molecular weight excluding hydrogens is 340 g/mol. The van der Waals surface area contributed by atoms with E-state index in [-0.39, 0.29) is 27.1 Å². The molecule has 0 bridgehead atoms. The highest BCUT2D eigenvalue weighted by Crippen LogP contribution is 2.25. The van der Waals surface area contributed by atoms with Crippen molar-refractivity contribution in [1.29, 1.82) is 0 Å². The Bertz CT molecular complexity index is 712. The van der Waals surface area contributed by atoms with E-state index in [0.29, 0.717) is 5.06 Å². The molecule has 23 heavy (non-hydrogen) atoms. The van der Waals surface area contributed by atoms with E-state index < -0.39 is 23.8 Å².